The van der Waals surface area contributed by atoms with Gasteiger partial charge < -0.3 is 9.83 Å². The number of carbonyl (C=O) groups excluding carboxylic acids is 1. The fourth-order valence-electron chi connectivity index (χ4n) is 4.24. The average Bonchev–Trinajstić information content (AvgIpc) is 3.51. The van der Waals surface area contributed by atoms with Crippen LogP contribution in [0.4, 0.5) is 0 Å². The minimum atomic E-state index is -0.523. The topological polar surface area (TPSA) is 83.6 Å². The Hall–Kier alpha value is -2.88. The number of nitrogens with zero attached hydrogens (tertiary/aromatic N) is 5. The zero-order valence-electron chi connectivity index (χ0n) is 19.2. The summed E-state index contributed by atoms with van der Waals surface area (Å²) in [5, 5.41) is 16.5. The number of Topliss-reactive ketones (excluding diaryl/α,β-unsaturated/α-hetero) is 1. The van der Waals surface area contributed by atoms with Crippen molar-refractivity contribution in [3.8, 4) is 21.8 Å². The molecule has 4 rings (SSSR count). The molecule has 1 N–H and O–H groups in total. The minimum absolute atomic E-state index is 0.0717. The third-order valence-corrected chi connectivity index (χ3v) is 6.88. The molecule has 4 heterocycles. The van der Waals surface area contributed by atoms with Crippen LogP contribution >= 0.6 is 11.3 Å². The maximum atomic E-state index is 13.0. The molecule has 170 valence electrons. The van der Waals surface area contributed by atoms with Crippen molar-refractivity contribution in [1.29, 1.82) is 0 Å². The van der Waals surface area contributed by atoms with E-state index < -0.39 is 7.05 Å². The second kappa shape index (κ2) is 10.4. The van der Waals surface area contributed by atoms with Crippen molar-refractivity contribution in [2.75, 3.05) is 6.54 Å². The van der Waals surface area contributed by atoms with Gasteiger partial charge in [0.15, 0.2) is 11.4 Å². The van der Waals surface area contributed by atoms with Crippen molar-refractivity contribution in [2.45, 2.75) is 46.0 Å². The fourth-order valence-corrected chi connectivity index (χ4v) is 4.93. The number of fused-ring (bicyclic) bond motifs is 1. The van der Waals surface area contributed by atoms with Crippen LogP contribution in [-0.4, -0.2) is 54.8 Å². The first-order valence-electron chi connectivity index (χ1n) is 11.3. The molecule has 0 aromatic carbocycles. The second-order valence-corrected chi connectivity index (χ2v) is 8.98. The van der Waals surface area contributed by atoms with E-state index >= 15 is 0 Å². The largest absolute Gasteiger partial charge is 0.437 e. The molecule has 4 aromatic rings. The van der Waals surface area contributed by atoms with Crippen molar-refractivity contribution in [2.24, 2.45) is 0 Å². The number of aromatic nitrogens is 4. The zero-order chi connectivity index (χ0) is 23.4. The summed E-state index contributed by atoms with van der Waals surface area (Å²) >= 11 is 1.64. The summed E-state index contributed by atoms with van der Waals surface area (Å²) in [6.45, 7) is 6.64. The summed E-state index contributed by atoms with van der Waals surface area (Å²) in [7, 11) is -0.523. The predicted molar refractivity (Wildman–Crippen MR) is 133 cm³/mol. The molecule has 0 saturated heterocycles. The van der Waals surface area contributed by atoms with Gasteiger partial charge in [-0.05, 0) is 55.9 Å². The number of hydrogen-bond donors (Lipinski definition) is 1. The van der Waals surface area contributed by atoms with Crippen LogP contribution < -0.4 is 0 Å². The lowest BCUT2D eigenvalue weighted by atomic mass is 9.81. The van der Waals surface area contributed by atoms with E-state index in [-0.39, 0.29) is 11.8 Å². The maximum absolute atomic E-state index is 13.0. The Balaban J connectivity index is 1.56. The molecular weight excluding hydrogens is 433 g/mol. The highest BCUT2D eigenvalue weighted by molar-refractivity contribution is 7.13. The Morgan fingerprint density at radius 1 is 1.27 bits per heavy atom. The normalized spacial score (nSPS) is 12.4. The van der Waals surface area contributed by atoms with E-state index in [4.69, 9.17) is 4.98 Å². The number of carbonyl (C=O) groups is 1. The van der Waals surface area contributed by atoms with Crippen LogP contribution in [-0.2, 0) is 0 Å². The van der Waals surface area contributed by atoms with Gasteiger partial charge >= 0.3 is 7.05 Å². The van der Waals surface area contributed by atoms with Gasteiger partial charge in [-0.1, -0.05) is 19.9 Å². The second-order valence-electron chi connectivity index (χ2n) is 8.03. The Morgan fingerprint density at radius 3 is 2.82 bits per heavy atom. The molecule has 0 saturated carbocycles. The van der Waals surface area contributed by atoms with Gasteiger partial charge in [0.25, 0.3) is 0 Å². The first-order chi connectivity index (χ1) is 16.0. The quantitative estimate of drug-likeness (QED) is 0.272. The highest BCUT2D eigenvalue weighted by Gasteiger charge is 2.23. The van der Waals surface area contributed by atoms with Crippen LogP contribution in [0.25, 0.3) is 27.5 Å². The van der Waals surface area contributed by atoms with Crippen molar-refractivity contribution in [3.63, 3.8) is 0 Å². The molecule has 4 aromatic heterocycles. The number of ketones is 1. The van der Waals surface area contributed by atoms with Gasteiger partial charge in [0, 0.05) is 30.4 Å². The third-order valence-electron chi connectivity index (χ3n) is 5.99. The average molecular weight is 461 g/mol. The first-order valence-corrected chi connectivity index (χ1v) is 12.2. The summed E-state index contributed by atoms with van der Waals surface area (Å²) < 4.78 is 1.73. The predicted octanol–water partition coefficient (Wildman–Crippen LogP) is 4.69. The van der Waals surface area contributed by atoms with Crippen molar-refractivity contribution >= 4 is 29.8 Å². The Bertz CT molecular complexity index is 1220. The van der Waals surface area contributed by atoms with Gasteiger partial charge in [-0.3, -0.25) is 9.78 Å². The maximum Gasteiger partial charge on any atom is 0.376 e. The Kier molecular flexibility index (Phi) is 7.32. The molecule has 0 aliphatic carbocycles. The van der Waals surface area contributed by atoms with Crippen LogP contribution in [0.3, 0.4) is 0 Å². The van der Waals surface area contributed by atoms with Crippen molar-refractivity contribution in [1.82, 2.24) is 24.4 Å². The number of rotatable bonds is 10. The van der Waals surface area contributed by atoms with Crippen LogP contribution in [0.5, 0.6) is 0 Å². The molecule has 9 heteroatoms. The number of hydrogen-bond acceptors (Lipinski definition) is 7. The van der Waals surface area contributed by atoms with Gasteiger partial charge in [-0.15, -0.1) is 11.3 Å². The fraction of sp³-hybridized carbons (Fsp3) is 0.333. The van der Waals surface area contributed by atoms with E-state index in [1.165, 1.54) is 0 Å². The molecular formula is C24H28BN5O2S. The minimum Gasteiger partial charge on any atom is -0.437 e. The zero-order valence-corrected chi connectivity index (χ0v) is 20.0. The molecule has 0 radical (unpaired) electrons. The van der Waals surface area contributed by atoms with Gasteiger partial charge in [-0.2, -0.15) is 5.10 Å². The van der Waals surface area contributed by atoms with Gasteiger partial charge in [-0.25, -0.2) is 9.50 Å². The van der Waals surface area contributed by atoms with Crippen LogP contribution in [0.15, 0.2) is 54.3 Å². The van der Waals surface area contributed by atoms with Crippen LogP contribution in [0.2, 0.25) is 6.82 Å². The highest BCUT2D eigenvalue weighted by atomic mass is 32.1. The molecule has 0 aliphatic rings. The SMILES string of the molecule is CCC(CCC(=O)c1ccnc(-c2cnn3ccc(-c4cccs4)nc23)c1)N(CC)B(C)O. The van der Waals surface area contributed by atoms with E-state index in [9.17, 15) is 9.82 Å². The van der Waals surface area contributed by atoms with E-state index in [0.717, 1.165) is 29.1 Å². The lowest BCUT2D eigenvalue weighted by molar-refractivity contribution is 0.0968. The molecule has 7 nitrogen and oxygen atoms in total. The Labute approximate surface area is 198 Å². The summed E-state index contributed by atoms with van der Waals surface area (Å²) in [5.74, 6) is 0.0717. The number of thiophene rings is 1. The van der Waals surface area contributed by atoms with Crippen molar-refractivity contribution < 1.29 is 9.82 Å². The summed E-state index contributed by atoms with van der Waals surface area (Å²) in [5.41, 5.74) is 3.69. The third kappa shape index (κ3) is 5.05. The smallest absolute Gasteiger partial charge is 0.376 e. The van der Waals surface area contributed by atoms with Crippen LogP contribution in [0, 0.1) is 0 Å². The molecule has 0 aliphatic heterocycles. The van der Waals surface area contributed by atoms with Crippen molar-refractivity contribution in [3.05, 3.63) is 59.9 Å². The number of pyridine rings is 1. The van der Waals surface area contributed by atoms with E-state index in [0.29, 0.717) is 29.7 Å². The molecule has 0 amide bonds. The summed E-state index contributed by atoms with van der Waals surface area (Å²) in [6, 6.07) is 9.74. The van der Waals surface area contributed by atoms with Crippen LogP contribution in [0.1, 0.15) is 43.5 Å². The van der Waals surface area contributed by atoms with E-state index in [1.54, 1.807) is 41.1 Å². The van der Waals surface area contributed by atoms with Gasteiger partial charge in [0.2, 0.25) is 0 Å². The van der Waals surface area contributed by atoms with Gasteiger partial charge in [0.1, 0.15) is 0 Å². The molecule has 1 atom stereocenters. The van der Waals surface area contributed by atoms with E-state index in [2.05, 4.69) is 17.0 Å². The first kappa shape index (κ1) is 23.3. The Morgan fingerprint density at radius 2 is 2.12 bits per heavy atom. The lowest BCUT2D eigenvalue weighted by Crippen LogP contribution is -2.44. The molecule has 1 unspecified atom stereocenters. The molecule has 33 heavy (non-hydrogen) atoms. The molecule has 0 fully saturated rings. The summed E-state index contributed by atoms with van der Waals surface area (Å²) in [6.07, 6.45) is 7.30. The van der Waals surface area contributed by atoms with E-state index in [1.807, 2.05) is 47.6 Å². The molecule has 0 spiro atoms. The summed E-state index contributed by atoms with van der Waals surface area (Å²) in [4.78, 5) is 25.4. The monoisotopic (exact) mass is 461 g/mol. The van der Waals surface area contributed by atoms with Gasteiger partial charge in [0.05, 0.1) is 28.0 Å². The molecule has 0 bridgehead atoms. The standard InChI is InChI=1S/C24H28BN5O2S/c1-4-18(29(5-2)25(3)32)8-9-22(31)17-10-12-26-21(15-17)19-16-27-30-13-11-20(28-24(19)30)23-7-6-14-33-23/h6-7,10-16,18,32H,4-5,8-9H2,1-3H3. The lowest BCUT2D eigenvalue weighted by Gasteiger charge is -2.30. The highest BCUT2D eigenvalue weighted by Crippen LogP contribution is 2.27.